The minimum Gasteiger partial charge on any atom is -0.384 e. The lowest BCUT2D eigenvalue weighted by atomic mass is 10.1. The normalized spacial score (nSPS) is 11.3. The molecule has 0 bridgehead atoms. The molecule has 96 valence electrons. The molecular weight excluding hydrogens is 214 g/mol. The summed E-state index contributed by atoms with van der Waals surface area (Å²) in [4.78, 5) is 4.22. The van der Waals surface area contributed by atoms with Gasteiger partial charge in [-0.2, -0.15) is 0 Å². The third-order valence-corrected chi connectivity index (χ3v) is 2.31. The first-order valence-corrected chi connectivity index (χ1v) is 6.03. The quantitative estimate of drug-likeness (QED) is 0.765. The second kappa shape index (κ2) is 6.45. The van der Waals surface area contributed by atoms with Crippen LogP contribution < -0.4 is 10.6 Å². The summed E-state index contributed by atoms with van der Waals surface area (Å²) in [6.45, 7) is 7.96. The summed E-state index contributed by atoms with van der Waals surface area (Å²) in [5.74, 6) is 0. The first-order chi connectivity index (χ1) is 8.07. The Kier molecular flexibility index (Phi) is 5.22. The number of ether oxygens (including phenoxy) is 1. The van der Waals surface area contributed by atoms with Gasteiger partial charge in [0, 0.05) is 13.7 Å². The number of anilines is 2. The zero-order valence-corrected chi connectivity index (χ0v) is 11.2. The molecule has 1 heterocycles. The SMILES string of the molecule is CCCNc1cncc(NC(C)(C)COC)c1. The topological polar surface area (TPSA) is 46.2 Å². The molecule has 0 fully saturated rings. The molecule has 1 aromatic heterocycles. The van der Waals surface area contributed by atoms with Crippen LogP contribution in [0.25, 0.3) is 0 Å². The monoisotopic (exact) mass is 237 g/mol. The molecule has 1 aromatic rings. The Morgan fingerprint density at radius 1 is 1.29 bits per heavy atom. The van der Waals surface area contributed by atoms with E-state index in [2.05, 4.69) is 42.5 Å². The van der Waals surface area contributed by atoms with Gasteiger partial charge in [-0.3, -0.25) is 4.98 Å². The van der Waals surface area contributed by atoms with Gasteiger partial charge < -0.3 is 15.4 Å². The third kappa shape index (κ3) is 5.04. The molecule has 0 aliphatic heterocycles. The van der Waals surface area contributed by atoms with E-state index in [4.69, 9.17) is 4.74 Å². The maximum Gasteiger partial charge on any atom is 0.0687 e. The van der Waals surface area contributed by atoms with Crippen molar-refractivity contribution >= 4 is 11.4 Å². The average Bonchev–Trinajstić information content (AvgIpc) is 2.26. The third-order valence-electron chi connectivity index (χ3n) is 2.31. The van der Waals surface area contributed by atoms with Gasteiger partial charge in [-0.15, -0.1) is 0 Å². The molecule has 0 unspecified atom stereocenters. The minimum absolute atomic E-state index is 0.0974. The maximum atomic E-state index is 5.18. The highest BCUT2D eigenvalue weighted by atomic mass is 16.5. The van der Waals surface area contributed by atoms with Gasteiger partial charge in [-0.05, 0) is 26.3 Å². The zero-order valence-electron chi connectivity index (χ0n) is 11.2. The van der Waals surface area contributed by atoms with E-state index in [1.54, 1.807) is 7.11 Å². The van der Waals surface area contributed by atoms with Gasteiger partial charge in [0.15, 0.2) is 0 Å². The first kappa shape index (κ1) is 13.8. The smallest absolute Gasteiger partial charge is 0.0687 e. The van der Waals surface area contributed by atoms with Gasteiger partial charge in [0.25, 0.3) is 0 Å². The van der Waals surface area contributed by atoms with Crippen molar-refractivity contribution in [2.45, 2.75) is 32.7 Å². The van der Waals surface area contributed by atoms with E-state index in [1.807, 2.05) is 12.4 Å². The summed E-state index contributed by atoms with van der Waals surface area (Å²) in [7, 11) is 1.71. The second-order valence-electron chi connectivity index (χ2n) is 4.83. The molecule has 0 radical (unpaired) electrons. The first-order valence-electron chi connectivity index (χ1n) is 6.03. The van der Waals surface area contributed by atoms with Crippen molar-refractivity contribution < 1.29 is 4.74 Å². The molecular formula is C13H23N3O. The Labute approximate surface area is 104 Å². The fourth-order valence-corrected chi connectivity index (χ4v) is 1.66. The summed E-state index contributed by atoms with van der Waals surface area (Å²) in [6.07, 6.45) is 4.77. The standard InChI is InChI=1S/C13H23N3O/c1-5-6-15-11-7-12(9-14-8-11)16-13(2,3)10-17-4/h7-9,15-16H,5-6,10H2,1-4H3. The van der Waals surface area contributed by atoms with E-state index in [1.165, 1.54) is 0 Å². The Bertz CT molecular complexity index is 339. The summed E-state index contributed by atoms with van der Waals surface area (Å²) >= 11 is 0. The summed E-state index contributed by atoms with van der Waals surface area (Å²) in [5.41, 5.74) is 1.96. The van der Waals surface area contributed by atoms with E-state index in [-0.39, 0.29) is 5.54 Å². The lowest BCUT2D eigenvalue weighted by molar-refractivity contribution is 0.158. The highest BCUT2D eigenvalue weighted by molar-refractivity contribution is 5.54. The van der Waals surface area contributed by atoms with Crippen molar-refractivity contribution in [1.82, 2.24) is 4.98 Å². The van der Waals surface area contributed by atoms with Crippen LogP contribution in [0.5, 0.6) is 0 Å². The van der Waals surface area contributed by atoms with E-state index < -0.39 is 0 Å². The van der Waals surface area contributed by atoms with Crippen LogP contribution in [-0.2, 0) is 4.74 Å². The van der Waals surface area contributed by atoms with Gasteiger partial charge >= 0.3 is 0 Å². The van der Waals surface area contributed by atoms with Crippen molar-refractivity contribution in [1.29, 1.82) is 0 Å². The van der Waals surface area contributed by atoms with Gasteiger partial charge in [0.05, 0.1) is 35.9 Å². The fourth-order valence-electron chi connectivity index (χ4n) is 1.66. The van der Waals surface area contributed by atoms with E-state index in [0.717, 1.165) is 24.3 Å². The van der Waals surface area contributed by atoms with E-state index >= 15 is 0 Å². The molecule has 4 nitrogen and oxygen atoms in total. The van der Waals surface area contributed by atoms with Gasteiger partial charge in [0.1, 0.15) is 0 Å². The van der Waals surface area contributed by atoms with Crippen LogP contribution in [0.2, 0.25) is 0 Å². The molecule has 0 aliphatic carbocycles. The molecule has 0 amide bonds. The number of nitrogens with zero attached hydrogens (tertiary/aromatic N) is 1. The molecule has 0 aliphatic rings. The molecule has 0 atom stereocenters. The lowest BCUT2D eigenvalue weighted by Gasteiger charge is -2.26. The Morgan fingerprint density at radius 3 is 2.65 bits per heavy atom. The molecule has 0 aromatic carbocycles. The van der Waals surface area contributed by atoms with Crippen LogP contribution >= 0.6 is 0 Å². The van der Waals surface area contributed by atoms with Gasteiger partial charge in [-0.25, -0.2) is 0 Å². The number of rotatable bonds is 7. The number of pyridine rings is 1. The lowest BCUT2D eigenvalue weighted by Crippen LogP contribution is -2.35. The van der Waals surface area contributed by atoms with Crippen molar-refractivity contribution in [3.63, 3.8) is 0 Å². The van der Waals surface area contributed by atoms with Gasteiger partial charge in [-0.1, -0.05) is 6.92 Å². The Balaban J connectivity index is 2.64. The van der Waals surface area contributed by atoms with Crippen LogP contribution in [0, 0.1) is 0 Å². The molecule has 0 saturated carbocycles. The van der Waals surface area contributed by atoms with Crippen molar-refractivity contribution in [3.05, 3.63) is 18.5 Å². The summed E-state index contributed by atoms with van der Waals surface area (Å²) < 4.78 is 5.18. The maximum absolute atomic E-state index is 5.18. The Hall–Kier alpha value is -1.29. The molecule has 4 heteroatoms. The highest BCUT2D eigenvalue weighted by Gasteiger charge is 2.16. The largest absolute Gasteiger partial charge is 0.384 e. The number of aromatic nitrogens is 1. The number of hydrogen-bond acceptors (Lipinski definition) is 4. The number of methoxy groups -OCH3 is 1. The number of nitrogens with one attached hydrogen (secondary N) is 2. The van der Waals surface area contributed by atoms with Crippen molar-refractivity contribution in [2.24, 2.45) is 0 Å². The second-order valence-corrected chi connectivity index (χ2v) is 4.83. The van der Waals surface area contributed by atoms with E-state index in [0.29, 0.717) is 6.61 Å². The van der Waals surface area contributed by atoms with Crippen LogP contribution in [0.15, 0.2) is 18.5 Å². The molecule has 0 spiro atoms. The zero-order chi connectivity index (χ0) is 12.7. The minimum atomic E-state index is -0.0974. The highest BCUT2D eigenvalue weighted by Crippen LogP contribution is 2.18. The summed E-state index contributed by atoms with van der Waals surface area (Å²) in [6, 6.07) is 2.07. The number of hydrogen-bond donors (Lipinski definition) is 2. The van der Waals surface area contributed by atoms with Crippen molar-refractivity contribution in [3.8, 4) is 0 Å². The van der Waals surface area contributed by atoms with E-state index in [9.17, 15) is 0 Å². The van der Waals surface area contributed by atoms with Crippen LogP contribution in [0.3, 0.4) is 0 Å². The molecule has 17 heavy (non-hydrogen) atoms. The van der Waals surface area contributed by atoms with Crippen LogP contribution in [0.1, 0.15) is 27.2 Å². The van der Waals surface area contributed by atoms with Crippen LogP contribution in [-0.4, -0.2) is 30.8 Å². The molecule has 0 saturated heterocycles. The molecule has 1 rings (SSSR count). The summed E-state index contributed by atoms with van der Waals surface area (Å²) in [5, 5.41) is 6.73. The van der Waals surface area contributed by atoms with Crippen LogP contribution in [0.4, 0.5) is 11.4 Å². The Morgan fingerprint density at radius 2 is 2.00 bits per heavy atom. The van der Waals surface area contributed by atoms with Crippen molar-refractivity contribution in [2.75, 3.05) is 30.9 Å². The van der Waals surface area contributed by atoms with Gasteiger partial charge in [0.2, 0.25) is 0 Å². The predicted molar refractivity (Wildman–Crippen MR) is 72.6 cm³/mol. The fraction of sp³-hybridized carbons (Fsp3) is 0.615. The predicted octanol–water partition coefficient (Wildman–Crippen LogP) is 2.74. The average molecular weight is 237 g/mol. The molecule has 2 N–H and O–H groups in total.